The van der Waals surface area contributed by atoms with E-state index in [0.717, 1.165) is 35.6 Å². The van der Waals surface area contributed by atoms with Crippen molar-refractivity contribution in [1.82, 2.24) is 0 Å². The standard InChI is InChI=1S/C19H21N3O2/c1-14-8-10-15(11-9-14)21-18(23)13-20-16-5-2-3-6-17(16)22-12-4-7-19(22)24/h2-3,5-6,8-11,20H,4,7,12-13H2,1H3,(H,21,23). The van der Waals surface area contributed by atoms with E-state index in [4.69, 9.17) is 0 Å². The number of carbonyl (C=O) groups excluding carboxylic acids is 2. The summed E-state index contributed by atoms with van der Waals surface area (Å²) in [5.41, 5.74) is 3.56. The highest BCUT2D eigenvalue weighted by Crippen LogP contribution is 2.29. The molecule has 0 bridgehead atoms. The SMILES string of the molecule is Cc1ccc(NC(=O)CNc2ccccc2N2CCCC2=O)cc1. The predicted octanol–water partition coefficient (Wildman–Crippen LogP) is 3.17. The third-order valence-electron chi connectivity index (χ3n) is 4.04. The van der Waals surface area contributed by atoms with Crippen LogP contribution in [-0.2, 0) is 9.59 Å². The first-order valence-electron chi connectivity index (χ1n) is 8.13. The minimum absolute atomic E-state index is 0.124. The summed E-state index contributed by atoms with van der Waals surface area (Å²) in [5.74, 6) is 0.00904. The third-order valence-corrected chi connectivity index (χ3v) is 4.04. The number of amides is 2. The van der Waals surface area contributed by atoms with Crippen LogP contribution in [0.25, 0.3) is 0 Å². The average Bonchev–Trinajstić information content (AvgIpc) is 3.01. The van der Waals surface area contributed by atoms with Gasteiger partial charge in [-0.15, -0.1) is 0 Å². The summed E-state index contributed by atoms with van der Waals surface area (Å²) >= 11 is 0. The quantitative estimate of drug-likeness (QED) is 0.888. The Morgan fingerprint density at radius 2 is 1.88 bits per heavy atom. The van der Waals surface area contributed by atoms with Gasteiger partial charge in [0, 0.05) is 18.7 Å². The molecule has 0 spiro atoms. The Balaban J connectivity index is 1.63. The molecule has 1 saturated heterocycles. The lowest BCUT2D eigenvalue weighted by molar-refractivity contribution is -0.117. The second-order valence-electron chi connectivity index (χ2n) is 5.93. The van der Waals surface area contributed by atoms with Crippen molar-refractivity contribution in [2.75, 3.05) is 28.6 Å². The second-order valence-corrected chi connectivity index (χ2v) is 5.93. The molecular formula is C19H21N3O2. The number of hydrogen-bond acceptors (Lipinski definition) is 3. The maximum absolute atomic E-state index is 12.1. The first kappa shape index (κ1) is 16.1. The van der Waals surface area contributed by atoms with E-state index >= 15 is 0 Å². The van der Waals surface area contributed by atoms with Gasteiger partial charge >= 0.3 is 0 Å². The van der Waals surface area contributed by atoms with E-state index in [2.05, 4.69) is 10.6 Å². The summed E-state index contributed by atoms with van der Waals surface area (Å²) in [4.78, 5) is 25.8. The van der Waals surface area contributed by atoms with Crippen molar-refractivity contribution in [2.24, 2.45) is 0 Å². The van der Waals surface area contributed by atoms with Crippen molar-refractivity contribution in [2.45, 2.75) is 19.8 Å². The lowest BCUT2D eigenvalue weighted by atomic mass is 10.2. The van der Waals surface area contributed by atoms with Crippen LogP contribution in [0, 0.1) is 6.92 Å². The molecule has 1 fully saturated rings. The van der Waals surface area contributed by atoms with E-state index in [-0.39, 0.29) is 18.4 Å². The average molecular weight is 323 g/mol. The molecular weight excluding hydrogens is 302 g/mol. The molecule has 1 aliphatic heterocycles. The number of aryl methyl sites for hydroxylation is 1. The van der Waals surface area contributed by atoms with Gasteiger partial charge in [0.25, 0.3) is 0 Å². The lowest BCUT2D eigenvalue weighted by Gasteiger charge is -2.20. The zero-order chi connectivity index (χ0) is 16.9. The maximum Gasteiger partial charge on any atom is 0.243 e. The summed E-state index contributed by atoms with van der Waals surface area (Å²) < 4.78 is 0. The molecule has 2 amide bonds. The van der Waals surface area contributed by atoms with Gasteiger partial charge in [0.2, 0.25) is 11.8 Å². The molecule has 5 heteroatoms. The van der Waals surface area contributed by atoms with Gasteiger partial charge in [0.05, 0.1) is 17.9 Å². The molecule has 1 heterocycles. The lowest BCUT2D eigenvalue weighted by Crippen LogP contribution is -2.26. The first-order chi connectivity index (χ1) is 11.6. The Morgan fingerprint density at radius 1 is 1.12 bits per heavy atom. The van der Waals surface area contributed by atoms with Gasteiger partial charge in [0.15, 0.2) is 0 Å². The van der Waals surface area contributed by atoms with Crippen LogP contribution in [0.5, 0.6) is 0 Å². The Kier molecular flexibility index (Phi) is 4.79. The minimum atomic E-state index is -0.124. The Labute approximate surface area is 141 Å². The van der Waals surface area contributed by atoms with Crippen LogP contribution < -0.4 is 15.5 Å². The van der Waals surface area contributed by atoms with Crippen molar-refractivity contribution in [3.05, 3.63) is 54.1 Å². The maximum atomic E-state index is 12.1. The van der Waals surface area contributed by atoms with Gasteiger partial charge < -0.3 is 15.5 Å². The minimum Gasteiger partial charge on any atom is -0.374 e. The summed E-state index contributed by atoms with van der Waals surface area (Å²) in [6, 6.07) is 15.3. The number of nitrogens with zero attached hydrogens (tertiary/aromatic N) is 1. The number of benzene rings is 2. The number of para-hydroxylation sites is 2. The molecule has 2 aromatic rings. The molecule has 124 valence electrons. The zero-order valence-corrected chi connectivity index (χ0v) is 13.7. The highest BCUT2D eigenvalue weighted by atomic mass is 16.2. The van der Waals surface area contributed by atoms with E-state index in [1.807, 2.05) is 55.5 Å². The Morgan fingerprint density at radius 3 is 2.58 bits per heavy atom. The van der Waals surface area contributed by atoms with Crippen LogP contribution in [0.15, 0.2) is 48.5 Å². The van der Waals surface area contributed by atoms with Gasteiger partial charge in [-0.05, 0) is 37.6 Å². The first-order valence-corrected chi connectivity index (χ1v) is 8.13. The van der Waals surface area contributed by atoms with E-state index in [1.54, 1.807) is 4.90 Å². The zero-order valence-electron chi connectivity index (χ0n) is 13.7. The van der Waals surface area contributed by atoms with Crippen LogP contribution in [-0.4, -0.2) is 24.9 Å². The predicted molar refractivity (Wildman–Crippen MR) is 96.3 cm³/mol. The third kappa shape index (κ3) is 3.74. The Hall–Kier alpha value is -2.82. The largest absolute Gasteiger partial charge is 0.374 e. The molecule has 0 radical (unpaired) electrons. The molecule has 3 rings (SSSR count). The fourth-order valence-corrected chi connectivity index (χ4v) is 2.78. The van der Waals surface area contributed by atoms with E-state index < -0.39 is 0 Å². The van der Waals surface area contributed by atoms with Gasteiger partial charge in [-0.25, -0.2) is 0 Å². The highest BCUT2D eigenvalue weighted by Gasteiger charge is 2.23. The number of rotatable bonds is 5. The van der Waals surface area contributed by atoms with Crippen LogP contribution in [0.4, 0.5) is 17.1 Å². The van der Waals surface area contributed by atoms with Crippen molar-refractivity contribution in [3.8, 4) is 0 Å². The number of anilines is 3. The molecule has 24 heavy (non-hydrogen) atoms. The van der Waals surface area contributed by atoms with Crippen LogP contribution >= 0.6 is 0 Å². The molecule has 1 aliphatic rings. The number of carbonyl (C=O) groups is 2. The number of hydrogen-bond donors (Lipinski definition) is 2. The van der Waals surface area contributed by atoms with Crippen LogP contribution in [0.1, 0.15) is 18.4 Å². The molecule has 0 atom stereocenters. The molecule has 2 N–H and O–H groups in total. The molecule has 0 aliphatic carbocycles. The van der Waals surface area contributed by atoms with Gasteiger partial charge in [0.1, 0.15) is 0 Å². The van der Waals surface area contributed by atoms with Gasteiger partial charge in [-0.1, -0.05) is 29.8 Å². The van der Waals surface area contributed by atoms with Crippen molar-refractivity contribution >= 4 is 28.9 Å². The smallest absolute Gasteiger partial charge is 0.243 e. The molecule has 0 aromatic heterocycles. The van der Waals surface area contributed by atoms with Crippen LogP contribution in [0.2, 0.25) is 0 Å². The van der Waals surface area contributed by atoms with Crippen molar-refractivity contribution < 1.29 is 9.59 Å². The van der Waals surface area contributed by atoms with E-state index in [0.29, 0.717) is 6.42 Å². The summed E-state index contributed by atoms with van der Waals surface area (Å²) in [5, 5.41) is 5.99. The highest BCUT2D eigenvalue weighted by molar-refractivity contribution is 5.99. The topological polar surface area (TPSA) is 61.4 Å². The summed E-state index contributed by atoms with van der Waals surface area (Å²) in [6.07, 6.45) is 1.46. The molecule has 0 unspecified atom stereocenters. The molecule has 5 nitrogen and oxygen atoms in total. The second kappa shape index (κ2) is 7.17. The number of nitrogens with one attached hydrogen (secondary N) is 2. The molecule has 0 saturated carbocycles. The normalized spacial score (nSPS) is 13.9. The Bertz CT molecular complexity index is 741. The summed E-state index contributed by atoms with van der Waals surface area (Å²) in [6.45, 7) is 2.88. The molecule has 2 aromatic carbocycles. The fourth-order valence-electron chi connectivity index (χ4n) is 2.78. The fraction of sp³-hybridized carbons (Fsp3) is 0.263. The van der Waals surface area contributed by atoms with Gasteiger partial charge in [-0.3, -0.25) is 9.59 Å². The monoisotopic (exact) mass is 323 g/mol. The van der Waals surface area contributed by atoms with E-state index in [9.17, 15) is 9.59 Å². The van der Waals surface area contributed by atoms with Crippen molar-refractivity contribution in [3.63, 3.8) is 0 Å². The van der Waals surface area contributed by atoms with Crippen LogP contribution in [0.3, 0.4) is 0 Å². The van der Waals surface area contributed by atoms with Crippen molar-refractivity contribution in [1.29, 1.82) is 0 Å². The summed E-state index contributed by atoms with van der Waals surface area (Å²) in [7, 11) is 0. The van der Waals surface area contributed by atoms with Gasteiger partial charge in [-0.2, -0.15) is 0 Å². The van der Waals surface area contributed by atoms with E-state index in [1.165, 1.54) is 0 Å².